The van der Waals surface area contributed by atoms with E-state index < -0.39 is 5.97 Å². The van der Waals surface area contributed by atoms with Gasteiger partial charge in [-0.05, 0) is 65.7 Å². The summed E-state index contributed by atoms with van der Waals surface area (Å²) in [5.74, 6) is 0.0322. The summed E-state index contributed by atoms with van der Waals surface area (Å²) >= 11 is 5.21. The molecule has 6 heteroatoms. The van der Waals surface area contributed by atoms with Crippen LogP contribution in [0, 0.1) is 0 Å². The first kappa shape index (κ1) is 21.9. The number of carbonyl (C=O) groups excluding carboxylic acids is 1. The maximum Gasteiger partial charge on any atom is 0.336 e. The van der Waals surface area contributed by atoms with Crippen molar-refractivity contribution in [2.24, 2.45) is 5.10 Å². The standard InChI is InChI=1S/C25H23N3O2S/c29-24(16-13-20-7-3-1-4-8-20)30-23-14-11-22(12-15-23)19-27-28-25(31)26-18-17-21-9-5-2-6-10-21/h1-16,19H,17-18H2,(H2,26,28,31)/b16-13+,27-19+. The van der Waals surface area contributed by atoms with Crippen molar-refractivity contribution in [3.8, 4) is 5.75 Å². The molecule has 0 saturated heterocycles. The Kier molecular flexibility index (Phi) is 8.52. The van der Waals surface area contributed by atoms with Crippen molar-refractivity contribution in [3.63, 3.8) is 0 Å². The molecular weight excluding hydrogens is 406 g/mol. The van der Waals surface area contributed by atoms with E-state index in [1.165, 1.54) is 11.6 Å². The molecule has 0 bridgehead atoms. The van der Waals surface area contributed by atoms with Gasteiger partial charge in [0.05, 0.1) is 6.21 Å². The molecule has 0 unspecified atom stereocenters. The number of hydrogen-bond acceptors (Lipinski definition) is 4. The number of hydrogen-bond donors (Lipinski definition) is 2. The van der Waals surface area contributed by atoms with Gasteiger partial charge in [-0.1, -0.05) is 60.7 Å². The molecule has 0 radical (unpaired) electrons. The number of ether oxygens (including phenoxy) is 1. The zero-order valence-electron chi connectivity index (χ0n) is 16.9. The van der Waals surface area contributed by atoms with E-state index in [0.717, 1.165) is 24.1 Å². The van der Waals surface area contributed by atoms with Gasteiger partial charge in [0.15, 0.2) is 5.11 Å². The minimum atomic E-state index is -0.432. The molecule has 2 N–H and O–H groups in total. The number of benzene rings is 3. The molecule has 5 nitrogen and oxygen atoms in total. The summed E-state index contributed by atoms with van der Waals surface area (Å²) < 4.78 is 5.30. The second-order valence-corrected chi connectivity index (χ2v) is 7.00. The maximum atomic E-state index is 11.9. The van der Waals surface area contributed by atoms with Crippen LogP contribution >= 0.6 is 12.2 Å². The van der Waals surface area contributed by atoms with Crippen molar-refractivity contribution in [1.82, 2.24) is 10.7 Å². The van der Waals surface area contributed by atoms with Gasteiger partial charge in [0.1, 0.15) is 5.75 Å². The summed E-state index contributed by atoms with van der Waals surface area (Å²) in [5, 5.41) is 7.70. The lowest BCUT2D eigenvalue weighted by Gasteiger charge is -2.07. The molecule has 3 aromatic carbocycles. The molecule has 0 spiro atoms. The quantitative estimate of drug-likeness (QED) is 0.139. The second kappa shape index (κ2) is 12.0. The van der Waals surface area contributed by atoms with Crippen molar-refractivity contribution in [1.29, 1.82) is 0 Å². The first-order chi connectivity index (χ1) is 15.2. The molecular formula is C25H23N3O2S. The molecule has 0 aliphatic heterocycles. The van der Waals surface area contributed by atoms with E-state index in [2.05, 4.69) is 28.0 Å². The summed E-state index contributed by atoms with van der Waals surface area (Å²) in [6.45, 7) is 0.726. The third-order valence-electron chi connectivity index (χ3n) is 4.23. The van der Waals surface area contributed by atoms with Crippen LogP contribution in [0.5, 0.6) is 5.75 Å². The number of esters is 1. The number of rotatable bonds is 8. The van der Waals surface area contributed by atoms with Crippen molar-refractivity contribution in [3.05, 3.63) is 108 Å². The van der Waals surface area contributed by atoms with E-state index in [1.54, 1.807) is 36.6 Å². The van der Waals surface area contributed by atoms with Gasteiger partial charge < -0.3 is 10.1 Å². The lowest BCUT2D eigenvalue weighted by Crippen LogP contribution is -2.33. The molecule has 156 valence electrons. The van der Waals surface area contributed by atoms with Crippen LogP contribution in [0.1, 0.15) is 16.7 Å². The van der Waals surface area contributed by atoms with Gasteiger partial charge >= 0.3 is 5.97 Å². The average Bonchev–Trinajstić information content (AvgIpc) is 2.80. The molecule has 0 aliphatic carbocycles. The maximum absolute atomic E-state index is 11.9. The van der Waals surface area contributed by atoms with Gasteiger partial charge in [-0.2, -0.15) is 5.10 Å². The Balaban J connectivity index is 1.39. The topological polar surface area (TPSA) is 62.7 Å². The fourth-order valence-corrected chi connectivity index (χ4v) is 2.83. The van der Waals surface area contributed by atoms with Crippen LogP contribution in [-0.2, 0) is 11.2 Å². The summed E-state index contributed by atoms with van der Waals surface area (Å²) in [5.41, 5.74) is 5.82. The lowest BCUT2D eigenvalue weighted by atomic mass is 10.1. The normalized spacial score (nSPS) is 10.8. The lowest BCUT2D eigenvalue weighted by molar-refractivity contribution is -0.128. The van der Waals surface area contributed by atoms with Crippen molar-refractivity contribution >= 4 is 35.6 Å². The molecule has 3 rings (SSSR count). The highest BCUT2D eigenvalue weighted by Crippen LogP contribution is 2.12. The molecule has 0 aliphatic rings. The monoisotopic (exact) mass is 429 g/mol. The number of nitrogens with zero attached hydrogens (tertiary/aromatic N) is 1. The van der Waals surface area contributed by atoms with Crippen molar-refractivity contribution < 1.29 is 9.53 Å². The smallest absolute Gasteiger partial charge is 0.336 e. The van der Waals surface area contributed by atoms with Gasteiger partial charge in [0, 0.05) is 12.6 Å². The van der Waals surface area contributed by atoms with Crippen LogP contribution < -0.4 is 15.5 Å². The molecule has 3 aromatic rings. The van der Waals surface area contributed by atoms with E-state index in [-0.39, 0.29) is 0 Å². The SMILES string of the molecule is O=C(/C=C/c1ccccc1)Oc1ccc(/C=N/NC(=S)NCCc2ccccc2)cc1. The predicted molar refractivity (Wildman–Crippen MR) is 129 cm³/mol. The van der Waals surface area contributed by atoms with E-state index in [9.17, 15) is 4.79 Å². The van der Waals surface area contributed by atoms with Gasteiger partial charge in [-0.3, -0.25) is 5.43 Å². The molecule has 31 heavy (non-hydrogen) atoms. The first-order valence-electron chi connectivity index (χ1n) is 9.85. The van der Waals surface area contributed by atoms with E-state index in [1.807, 2.05) is 48.5 Å². The highest BCUT2D eigenvalue weighted by atomic mass is 32.1. The van der Waals surface area contributed by atoms with Gasteiger partial charge in [-0.25, -0.2) is 4.79 Å². The van der Waals surface area contributed by atoms with Crippen LogP contribution in [0.4, 0.5) is 0 Å². The van der Waals surface area contributed by atoms with Crippen molar-refractivity contribution in [2.75, 3.05) is 6.54 Å². The highest BCUT2D eigenvalue weighted by molar-refractivity contribution is 7.80. The fourth-order valence-electron chi connectivity index (χ4n) is 2.67. The van der Waals surface area contributed by atoms with Gasteiger partial charge in [0.2, 0.25) is 0 Å². The van der Waals surface area contributed by atoms with E-state index in [4.69, 9.17) is 17.0 Å². The Morgan fingerprint density at radius 3 is 2.29 bits per heavy atom. The summed E-state index contributed by atoms with van der Waals surface area (Å²) in [6, 6.07) is 26.8. The minimum Gasteiger partial charge on any atom is -0.423 e. The van der Waals surface area contributed by atoms with Crippen LogP contribution in [-0.4, -0.2) is 23.8 Å². The third kappa shape index (κ3) is 8.24. The first-order valence-corrected chi connectivity index (χ1v) is 10.3. The van der Waals surface area contributed by atoms with E-state index in [0.29, 0.717) is 10.9 Å². The molecule has 0 amide bonds. The Morgan fingerprint density at radius 1 is 0.903 bits per heavy atom. The molecule has 0 saturated carbocycles. The Morgan fingerprint density at radius 2 is 1.58 bits per heavy atom. The zero-order chi connectivity index (χ0) is 21.7. The highest BCUT2D eigenvalue weighted by Gasteiger charge is 2.00. The number of thiocarbonyl (C=S) groups is 1. The Hall–Kier alpha value is -3.77. The number of nitrogens with one attached hydrogen (secondary N) is 2. The zero-order valence-corrected chi connectivity index (χ0v) is 17.7. The third-order valence-corrected chi connectivity index (χ3v) is 4.47. The molecule has 0 fully saturated rings. The van der Waals surface area contributed by atoms with Crippen molar-refractivity contribution in [2.45, 2.75) is 6.42 Å². The largest absolute Gasteiger partial charge is 0.423 e. The predicted octanol–water partition coefficient (Wildman–Crippen LogP) is 4.35. The number of hydrazone groups is 1. The summed E-state index contributed by atoms with van der Waals surface area (Å²) in [4.78, 5) is 11.9. The molecule has 0 aromatic heterocycles. The summed E-state index contributed by atoms with van der Waals surface area (Å²) in [7, 11) is 0. The van der Waals surface area contributed by atoms with Crippen LogP contribution in [0.3, 0.4) is 0 Å². The Bertz CT molecular complexity index is 1030. The van der Waals surface area contributed by atoms with Gasteiger partial charge in [-0.15, -0.1) is 0 Å². The van der Waals surface area contributed by atoms with Crippen LogP contribution in [0.25, 0.3) is 6.08 Å². The minimum absolute atomic E-state index is 0.432. The van der Waals surface area contributed by atoms with E-state index >= 15 is 0 Å². The number of carbonyl (C=O) groups is 1. The molecule has 0 atom stereocenters. The average molecular weight is 430 g/mol. The Labute approximate surface area is 187 Å². The van der Waals surface area contributed by atoms with Crippen LogP contribution in [0.15, 0.2) is 96.1 Å². The van der Waals surface area contributed by atoms with Gasteiger partial charge in [0.25, 0.3) is 0 Å². The summed E-state index contributed by atoms with van der Waals surface area (Å²) in [6.07, 6.45) is 5.64. The fraction of sp³-hybridized carbons (Fsp3) is 0.0800. The second-order valence-electron chi connectivity index (χ2n) is 6.60. The molecule has 0 heterocycles. The van der Waals surface area contributed by atoms with Crippen LogP contribution in [0.2, 0.25) is 0 Å².